The number of hydrogen-bond acceptors (Lipinski definition) is 5. The number of para-hydroxylation sites is 1. The Bertz CT molecular complexity index is 1400. The minimum absolute atomic E-state index is 0.00514. The van der Waals surface area contributed by atoms with Gasteiger partial charge in [0.25, 0.3) is 0 Å². The maximum absolute atomic E-state index is 13.9. The molecule has 2 aliphatic heterocycles. The molecule has 0 radical (unpaired) electrons. The Kier molecular flexibility index (Phi) is 7.51. The third-order valence-electron chi connectivity index (χ3n) is 7.78. The van der Waals surface area contributed by atoms with Crippen molar-refractivity contribution in [3.05, 3.63) is 70.4 Å². The summed E-state index contributed by atoms with van der Waals surface area (Å²) < 4.78 is 7.71. The lowest BCUT2D eigenvalue weighted by molar-refractivity contribution is -0.130. The highest BCUT2D eigenvalue weighted by atomic mass is 32.2. The molecule has 0 N–H and O–H groups in total. The van der Waals surface area contributed by atoms with Crippen molar-refractivity contribution in [3.63, 3.8) is 0 Å². The van der Waals surface area contributed by atoms with Crippen LogP contribution in [-0.2, 0) is 15.0 Å². The lowest BCUT2D eigenvalue weighted by Gasteiger charge is -2.26. The monoisotopic (exact) mass is 546 g/mol. The Morgan fingerprint density at radius 3 is 2.49 bits per heavy atom. The van der Waals surface area contributed by atoms with Crippen LogP contribution in [0.25, 0.3) is 5.69 Å². The van der Waals surface area contributed by atoms with E-state index in [1.54, 1.807) is 23.8 Å². The molecular weight excluding hydrogens is 508 g/mol. The highest BCUT2D eigenvalue weighted by molar-refractivity contribution is 8.00. The molecule has 8 heteroatoms. The van der Waals surface area contributed by atoms with Gasteiger partial charge in [0.05, 0.1) is 29.5 Å². The minimum atomic E-state index is -0.314. The van der Waals surface area contributed by atoms with Crippen LogP contribution in [0.1, 0.15) is 66.8 Å². The van der Waals surface area contributed by atoms with Gasteiger partial charge >= 0.3 is 0 Å². The zero-order valence-corrected chi connectivity index (χ0v) is 24.6. The number of anilines is 1. The summed E-state index contributed by atoms with van der Waals surface area (Å²) >= 11 is 1.58. The number of ether oxygens (including phenoxy) is 1. The van der Waals surface area contributed by atoms with Gasteiger partial charge in [0, 0.05) is 29.6 Å². The second kappa shape index (κ2) is 10.7. The second-order valence-corrected chi connectivity index (χ2v) is 12.6. The van der Waals surface area contributed by atoms with Crippen molar-refractivity contribution < 1.29 is 14.3 Å². The van der Waals surface area contributed by atoms with Crippen molar-refractivity contribution in [2.75, 3.05) is 37.4 Å². The lowest BCUT2D eigenvalue weighted by atomic mass is 9.87. The molecule has 1 aromatic heterocycles. The number of aryl methyl sites for hydroxylation is 1. The third-order valence-corrected chi connectivity index (χ3v) is 9.01. The van der Waals surface area contributed by atoms with E-state index in [0.29, 0.717) is 5.82 Å². The molecule has 1 fully saturated rings. The normalized spacial score (nSPS) is 17.8. The molecule has 2 aliphatic rings. The van der Waals surface area contributed by atoms with Gasteiger partial charge in [-0.3, -0.25) is 14.5 Å². The number of aromatic nitrogens is 2. The van der Waals surface area contributed by atoms with Crippen molar-refractivity contribution in [1.29, 1.82) is 0 Å². The number of fused-ring (bicyclic) bond motifs is 1. The average molecular weight is 547 g/mol. The van der Waals surface area contributed by atoms with E-state index in [9.17, 15) is 9.59 Å². The topological polar surface area (TPSA) is 67.7 Å². The zero-order valence-electron chi connectivity index (χ0n) is 23.8. The van der Waals surface area contributed by atoms with Gasteiger partial charge in [-0.05, 0) is 49.9 Å². The first-order valence-corrected chi connectivity index (χ1v) is 14.7. The van der Waals surface area contributed by atoms with E-state index >= 15 is 0 Å². The van der Waals surface area contributed by atoms with E-state index in [4.69, 9.17) is 9.84 Å². The van der Waals surface area contributed by atoms with Crippen LogP contribution < -0.4 is 9.64 Å². The molecule has 0 saturated carbocycles. The first kappa shape index (κ1) is 27.3. The highest BCUT2D eigenvalue weighted by Crippen LogP contribution is 2.50. The number of benzene rings is 2. The number of amides is 2. The van der Waals surface area contributed by atoms with Gasteiger partial charge in [-0.1, -0.05) is 51.1 Å². The van der Waals surface area contributed by atoms with Gasteiger partial charge < -0.3 is 9.64 Å². The van der Waals surface area contributed by atoms with Gasteiger partial charge in [0.2, 0.25) is 11.8 Å². The summed E-state index contributed by atoms with van der Waals surface area (Å²) in [4.78, 5) is 31.0. The van der Waals surface area contributed by atoms with E-state index in [2.05, 4.69) is 46.8 Å². The SMILES string of the molecule is COc1ccccc1[C@@H]1SCC(=O)N(CC(=O)N2CCCC2)c2c1c(C(C)(C)C)nn2-c1cccc(C)c1C. The average Bonchev–Trinajstić information content (AvgIpc) is 3.56. The van der Waals surface area contributed by atoms with Crippen LogP contribution >= 0.6 is 11.8 Å². The number of hydrogen-bond donors (Lipinski definition) is 0. The maximum atomic E-state index is 13.9. The Morgan fingerprint density at radius 2 is 1.79 bits per heavy atom. The van der Waals surface area contributed by atoms with Crippen molar-refractivity contribution in [3.8, 4) is 11.4 Å². The largest absolute Gasteiger partial charge is 0.496 e. The van der Waals surface area contributed by atoms with Gasteiger partial charge in [0.1, 0.15) is 18.1 Å². The number of nitrogens with zero attached hydrogens (tertiary/aromatic N) is 4. The van der Waals surface area contributed by atoms with Gasteiger partial charge in [0.15, 0.2) is 0 Å². The van der Waals surface area contributed by atoms with Crippen molar-refractivity contribution in [2.24, 2.45) is 0 Å². The molecule has 3 aromatic rings. The molecule has 1 atom stereocenters. The van der Waals surface area contributed by atoms with E-state index < -0.39 is 0 Å². The molecule has 5 rings (SSSR count). The van der Waals surface area contributed by atoms with Crippen LogP contribution in [-0.4, -0.2) is 59.0 Å². The summed E-state index contributed by atoms with van der Waals surface area (Å²) in [5, 5.41) is 5.05. The number of carbonyl (C=O) groups excluding carboxylic acids is 2. The van der Waals surface area contributed by atoms with Crippen molar-refractivity contribution in [2.45, 2.75) is 58.1 Å². The van der Waals surface area contributed by atoms with Gasteiger partial charge in [-0.15, -0.1) is 11.8 Å². The summed E-state index contributed by atoms with van der Waals surface area (Å²) in [6, 6.07) is 14.1. The van der Waals surface area contributed by atoms with Gasteiger partial charge in [-0.25, -0.2) is 4.68 Å². The fraction of sp³-hybridized carbons (Fsp3) is 0.452. The Labute approximate surface area is 235 Å². The molecule has 39 heavy (non-hydrogen) atoms. The third kappa shape index (κ3) is 5.07. The van der Waals surface area contributed by atoms with Crippen LogP contribution in [0.5, 0.6) is 5.75 Å². The quantitative estimate of drug-likeness (QED) is 0.418. The molecular formula is C31H38N4O3S. The van der Waals surface area contributed by atoms with Crippen LogP contribution in [0.4, 0.5) is 5.82 Å². The summed E-state index contributed by atoms with van der Waals surface area (Å²) in [7, 11) is 1.68. The fourth-order valence-corrected chi connectivity index (χ4v) is 6.76. The fourth-order valence-electron chi connectivity index (χ4n) is 5.54. The van der Waals surface area contributed by atoms with Crippen molar-refractivity contribution in [1.82, 2.24) is 14.7 Å². The van der Waals surface area contributed by atoms with Crippen molar-refractivity contribution >= 4 is 29.4 Å². The van der Waals surface area contributed by atoms with Crippen LogP contribution in [0.3, 0.4) is 0 Å². The highest BCUT2D eigenvalue weighted by Gasteiger charge is 2.41. The molecule has 7 nitrogen and oxygen atoms in total. The molecule has 3 heterocycles. The Hall–Kier alpha value is -3.26. The molecule has 0 aliphatic carbocycles. The Morgan fingerprint density at radius 1 is 1.08 bits per heavy atom. The molecule has 2 amide bonds. The van der Waals surface area contributed by atoms with E-state index in [0.717, 1.165) is 65.3 Å². The number of methoxy groups -OCH3 is 1. The summed E-state index contributed by atoms with van der Waals surface area (Å²) in [5.74, 6) is 1.61. The zero-order chi connectivity index (χ0) is 27.9. The van der Waals surface area contributed by atoms with E-state index in [1.165, 1.54) is 0 Å². The predicted molar refractivity (Wildman–Crippen MR) is 157 cm³/mol. The summed E-state index contributed by atoms with van der Waals surface area (Å²) in [5.41, 5.74) is 5.72. The minimum Gasteiger partial charge on any atom is -0.496 e. The molecule has 0 bridgehead atoms. The lowest BCUT2D eigenvalue weighted by Crippen LogP contribution is -2.43. The molecule has 206 valence electrons. The number of thioether (sulfide) groups is 1. The second-order valence-electron chi connectivity index (χ2n) is 11.5. The molecule has 2 aromatic carbocycles. The first-order valence-electron chi connectivity index (χ1n) is 13.6. The van der Waals surface area contributed by atoms with Gasteiger partial charge in [-0.2, -0.15) is 5.10 Å². The van der Waals surface area contributed by atoms with Crippen LogP contribution in [0, 0.1) is 13.8 Å². The Balaban J connectivity index is 1.80. The number of likely N-dealkylation sites (tertiary alicyclic amines) is 1. The van der Waals surface area contributed by atoms with E-state index in [1.807, 2.05) is 39.9 Å². The maximum Gasteiger partial charge on any atom is 0.242 e. The standard InChI is InChI=1S/C31H38N4O3S/c1-20-12-11-14-23(21(20)2)35-30-27(29(32-35)31(3,4)5)28(22-13-7-8-15-24(22)38-6)39-19-26(37)34(30)18-25(36)33-16-9-10-17-33/h7-8,11-15,28H,9-10,16-19H2,1-6H3/t28-/m0/s1. The summed E-state index contributed by atoms with van der Waals surface area (Å²) in [6.07, 6.45) is 2.01. The molecule has 0 spiro atoms. The van der Waals surface area contributed by atoms with Crippen LogP contribution in [0.2, 0.25) is 0 Å². The van der Waals surface area contributed by atoms with E-state index in [-0.39, 0.29) is 34.8 Å². The smallest absolute Gasteiger partial charge is 0.242 e. The molecule has 0 unspecified atom stereocenters. The first-order chi connectivity index (χ1) is 18.6. The number of rotatable bonds is 5. The predicted octanol–water partition coefficient (Wildman–Crippen LogP) is 5.59. The summed E-state index contributed by atoms with van der Waals surface area (Å²) in [6.45, 7) is 12.1. The van der Waals surface area contributed by atoms with Crippen LogP contribution in [0.15, 0.2) is 42.5 Å². The number of carbonyl (C=O) groups is 2. The molecule has 1 saturated heterocycles.